The molecule has 20 heteroatoms. The molecule has 0 aromatic carbocycles. The van der Waals surface area contributed by atoms with Gasteiger partial charge in [0.2, 0.25) is 23.6 Å². The third kappa shape index (κ3) is 15.1. The van der Waals surface area contributed by atoms with Crippen LogP contribution < -0.4 is 32.7 Å². The second-order valence-electron chi connectivity index (χ2n) is 8.87. The summed E-state index contributed by atoms with van der Waals surface area (Å²) < 4.78 is 0. The minimum atomic E-state index is -2.06. The fourth-order valence-electron chi connectivity index (χ4n) is 3.28. The van der Waals surface area contributed by atoms with Crippen molar-refractivity contribution in [1.82, 2.24) is 21.3 Å². The highest BCUT2D eigenvalue weighted by atomic mass is 16.4. The van der Waals surface area contributed by atoms with E-state index in [4.69, 9.17) is 26.8 Å². The normalized spacial score (nSPS) is 14.1. The van der Waals surface area contributed by atoms with E-state index in [1.807, 2.05) is 16.0 Å². The first-order valence-electron chi connectivity index (χ1n) is 12.3. The van der Waals surface area contributed by atoms with Crippen LogP contribution >= 0.6 is 0 Å². The summed E-state index contributed by atoms with van der Waals surface area (Å²) in [5, 5.41) is 53.3. The lowest BCUT2D eigenvalue weighted by Gasteiger charge is -2.25. The standard InChI is InChI=1S/C22H34N6O14/c23-4-2-1-3-10(22(41)42)25-19(38)12(7-16(33)34)27-21(40)13(8-17(35)36)28-20(39)11(6-15(31)32)26-18(37)9(24)5-14(29)30/h9-13H,1-8,23-24H2,(H,25,38)(H,26,37)(H,27,40)(H,28,39)(H,29,30)(H,31,32)(H,33,34)(H,35,36)(H,41,42). The number of hydrogen-bond acceptors (Lipinski definition) is 11. The molecule has 42 heavy (non-hydrogen) atoms. The van der Waals surface area contributed by atoms with Gasteiger partial charge in [0.05, 0.1) is 31.7 Å². The Hall–Kier alpha value is -4.85. The maximum atomic E-state index is 12.9. The van der Waals surface area contributed by atoms with Crippen LogP contribution in [0, 0.1) is 0 Å². The van der Waals surface area contributed by atoms with Crippen LogP contribution in [0.25, 0.3) is 0 Å². The van der Waals surface area contributed by atoms with Gasteiger partial charge in [-0.2, -0.15) is 0 Å². The predicted molar refractivity (Wildman–Crippen MR) is 135 cm³/mol. The van der Waals surface area contributed by atoms with Crippen molar-refractivity contribution in [3.05, 3.63) is 0 Å². The first-order valence-corrected chi connectivity index (χ1v) is 12.3. The van der Waals surface area contributed by atoms with Gasteiger partial charge in [-0.1, -0.05) is 0 Å². The highest BCUT2D eigenvalue weighted by Gasteiger charge is 2.34. The van der Waals surface area contributed by atoms with Gasteiger partial charge in [0, 0.05) is 0 Å². The average Bonchev–Trinajstić information content (AvgIpc) is 2.85. The third-order valence-electron chi connectivity index (χ3n) is 5.33. The van der Waals surface area contributed by atoms with E-state index < -0.39 is 109 Å². The Balaban J connectivity index is 5.88. The number of nitrogens with two attached hydrogens (primary N) is 2. The molecule has 0 aliphatic heterocycles. The molecule has 5 atom stereocenters. The molecule has 0 aromatic rings. The molecule has 0 heterocycles. The van der Waals surface area contributed by atoms with Crippen molar-refractivity contribution in [2.24, 2.45) is 11.5 Å². The molecule has 13 N–H and O–H groups in total. The van der Waals surface area contributed by atoms with Gasteiger partial charge in [0.15, 0.2) is 0 Å². The van der Waals surface area contributed by atoms with Crippen LogP contribution in [0.3, 0.4) is 0 Å². The van der Waals surface area contributed by atoms with Crippen LogP contribution in [0.5, 0.6) is 0 Å². The zero-order valence-electron chi connectivity index (χ0n) is 22.1. The Morgan fingerprint density at radius 3 is 1.14 bits per heavy atom. The van der Waals surface area contributed by atoms with Gasteiger partial charge in [-0.25, -0.2) is 4.79 Å². The van der Waals surface area contributed by atoms with Crippen LogP contribution in [0.4, 0.5) is 0 Å². The second-order valence-corrected chi connectivity index (χ2v) is 8.87. The Morgan fingerprint density at radius 1 is 0.500 bits per heavy atom. The maximum absolute atomic E-state index is 12.9. The van der Waals surface area contributed by atoms with E-state index in [1.165, 1.54) is 0 Å². The molecule has 0 rings (SSSR count). The smallest absolute Gasteiger partial charge is 0.326 e. The maximum Gasteiger partial charge on any atom is 0.326 e. The van der Waals surface area contributed by atoms with Crippen molar-refractivity contribution < 1.29 is 68.7 Å². The van der Waals surface area contributed by atoms with Crippen molar-refractivity contribution in [1.29, 1.82) is 0 Å². The van der Waals surface area contributed by atoms with E-state index >= 15 is 0 Å². The molecule has 0 aromatic heterocycles. The zero-order valence-corrected chi connectivity index (χ0v) is 22.1. The van der Waals surface area contributed by atoms with Crippen molar-refractivity contribution in [3.8, 4) is 0 Å². The Labute approximate surface area is 237 Å². The van der Waals surface area contributed by atoms with E-state index in [1.54, 1.807) is 0 Å². The van der Waals surface area contributed by atoms with Crippen LogP contribution in [0.1, 0.15) is 44.9 Å². The van der Waals surface area contributed by atoms with Crippen LogP contribution in [-0.4, -0.2) is 116 Å². The summed E-state index contributed by atoms with van der Waals surface area (Å²) in [6, 6.07) is -9.16. The summed E-state index contributed by atoms with van der Waals surface area (Å²) in [5.41, 5.74) is 10.7. The van der Waals surface area contributed by atoms with Crippen LogP contribution in [0.15, 0.2) is 0 Å². The molecule has 0 fully saturated rings. The summed E-state index contributed by atoms with van der Waals surface area (Å²) in [5.74, 6) is -13.2. The molecular weight excluding hydrogens is 572 g/mol. The molecule has 0 saturated carbocycles. The molecule has 0 radical (unpaired) electrons. The minimum absolute atomic E-state index is 0.0868. The van der Waals surface area contributed by atoms with Gasteiger partial charge in [-0.05, 0) is 25.8 Å². The fourth-order valence-corrected chi connectivity index (χ4v) is 3.28. The Kier molecular flexibility index (Phi) is 16.4. The Morgan fingerprint density at radius 2 is 0.833 bits per heavy atom. The first-order chi connectivity index (χ1) is 19.5. The highest BCUT2D eigenvalue weighted by molar-refractivity contribution is 5.98. The second kappa shape index (κ2) is 18.5. The number of rotatable bonds is 21. The Bertz CT molecular complexity index is 1050. The molecule has 5 unspecified atom stereocenters. The largest absolute Gasteiger partial charge is 0.481 e. The van der Waals surface area contributed by atoms with Gasteiger partial charge < -0.3 is 58.3 Å². The summed E-state index contributed by atoms with van der Waals surface area (Å²) in [4.78, 5) is 106. The number of hydrogen-bond donors (Lipinski definition) is 11. The summed E-state index contributed by atoms with van der Waals surface area (Å²) in [6.07, 6.45) is -3.63. The van der Waals surface area contributed by atoms with Crippen molar-refractivity contribution in [2.75, 3.05) is 6.54 Å². The monoisotopic (exact) mass is 606 g/mol. The molecular formula is C22H34N6O14. The quantitative estimate of drug-likeness (QED) is 0.0547. The van der Waals surface area contributed by atoms with Gasteiger partial charge in [0.25, 0.3) is 0 Å². The fraction of sp³-hybridized carbons (Fsp3) is 0.591. The van der Waals surface area contributed by atoms with E-state index in [2.05, 4.69) is 5.32 Å². The topological polar surface area (TPSA) is 355 Å². The van der Waals surface area contributed by atoms with E-state index in [9.17, 15) is 53.4 Å². The predicted octanol–water partition coefficient (Wildman–Crippen LogP) is -4.63. The molecule has 0 aliphatic carbocycles. The number of aliphatic carboxylic acids is 5. The number of carboxylic acid groups (broad SMARTS) is 5. The molecule has 0 spiro atoms. The van der Waals surface area contributed by atoms with Crippen molar-refractivity contribution in [2.45, 2.75) is 75.2 Å². The summed E-state index contributed by atoms with van der Waals surface area (Å²) in [7, 11) is 0. The van der Waals surface area contributed by atoms with Crippen molar-refractivity contribution >= 4 is 53.5 Å². The van der Waals surface area contributed by atoms with Gasteiger partial charge in [-0.15, -0.1) is 0 Å². The number of nitrogens with one attached hydrogen (secondary N) is 4. The molecule has 20 nitrogen and oxygen atoms in total. The summed E-state index contributed by atoms with van der Waals surface area (Å²) in [6.45, 7) is 0.237. The molecule has 236 valence electrons. The third-order valence-corrected chi connectivity index (χ3v) is 5.33. The van der Waals surface area contributed by atoms with Gasteiger partial charge >= 0.3 is 29.8 Å². The molecule has 0 aliphatic rings. The lowest BCUT2D eigenvalue weighted by molar-refractivity contribution is -0.145. The van der Waals surface area contributed by atoms with Gasteiger partial charge in [-0.3, -0.25) is 38.4 Å². The number of unbranched alkanes of at least 4 members (excludes halogenated alkanes) is 1. The van der Waals surface area contributed by atoms with E-state index in [0.717, 1.165) is 0 Å². The number of carbonyl (C=O) groups excluding carboxylic acids is 4. The minimum Gasteiger partial charge on any atom is -0.481 e. The van der Waals surface area contributed by atoms with Crippen LogP contribution in [-0.2, 0) is 43.2 Å². The number of carbonyl (C=O) groups is 9. The van der Waals surface area contributed by atoms with Gasteiger partial charge in [0.1, 0.15) is 24.2 Å². The summed E-state index contributed by atoms with van der Waals surface area (Å²) >= 11 is 0. The number of carboxylic acids is 5. The van der Waals surface area contributed by atoms with Crippen molar-refractivity contribution in [3.63, 3.8) is 0 Å². The lowest BCUT2D eigenvalue weighted by atomic mass is 10.1. The average molecular weight is 607 g/mol. The van der Waals surface area contributed by atoms with E-state index in [-0.39, 0.29) is 19.4 Å². The molecule has 0 bridgehead atoms. The first kappa shape index (κ1) is 37.1. The SMILES string of the molecule is NCCCCC(NC(=O)C(CC(=O)O)NC(=O)C(CC(=O)O)NC(=O)C(CC(=O)O)NC(=O)C(N)CC(=O)O)C(=O)O. The zero-order chi connectivity index (χ0) is 32.6. The number of amides is 4. The molecule has 4 amide bonds. The van der Waals surface area contributed by atoms with Crippen LogP contribution in [0.2, 0.25) is 0 Å². The van der Waals surface area contributed by atoms with E-state index in [0.29, 0.717) is 6.42 Å². The lowest BCUT2D eigenvalue weighted by Crippen LogP contribution is -2.59. The molecule has 0 saturated heterocycles. The highest BCUT2D eigenvalue weighted by Crippen LogP contribution is 2.05.